The van der Waals surface area contributed by atoms with Gasteiger partial charge >= 0.3 is 0 Å². The van der Waals surface area contributed by atoms with E-state index in [4.69, 9.17) is 20.8 Å². The van der Waals surface area contributed by atoms with Crippen LogP contribution in [0, 0.1) is 0 Å². The molecule has 1 aromatic heterocycles. The standard InChI is InChI=1S/C16H13ClN2O4/c1-22-11-6-4-10(5-7-11)19-15(20)13(17)14(16(19)21)18-9-12-3-2-8-23-12/h2-8,18H,9H2,1H3. The predicted molar refractivity (Wildman–Crippen MR) is 83.9 cm³/mol. The number of nitrogens with one attached hydrogen (secondary N) is 1. The van der Waals surface area contributed by atoms with Crippen molar-refractivity contribution in [2.45, 2.75) is 6.54 Å². The second-order valence-electron chi connectivity index (χ2n) is 4.77. The Morgan fingerprint density at radius 2 is 1.91 bits per heavy atom. The highest BCUT2D eigenvalue weighted by Gasteiger charge is 2.38. The van der Waals surface area contributed by atoms with E-state index in [2.05, 4.69) is 5.32 Å². The van der Waals surface area contributed by atoms with Crippen molar-refractivity contribution in [3.05, 3.63) is 59.2 Å². The van der Waals surface area contributed by atoms with Crippen LogP contribution in [0.15, 0.2) is 57.8 Å². The van der Waals surface area contributed by atoms with Crippen LogP contribution in [-0.4, -0.2) is 18.9 Å². The second-order valence-corrected chi connectivity index (χ2v) is 5.14. The molecule has 0 saturated heterocycles. The molecule has 1 aliphatic heterocycles. The molecule has 118 valence electrons. The monoisotopic (exact) mass is 332 g/mol. The average molecular weight is 333 g/mol. The van der Waals surface area contributed by atoms with Crippen LogP contribution < -0.4 is 15.0 Å². The lowest BCUT2D eigenvalue weighted by molar-refractivity contribution is -0.120. The lowest BCUT2D eigenvalue weighted by atomic mass is 10.2. The molecular weight excluding hydrogens is 320 g/mol. The fourth-order valence-electron chi connectivity index (χ4n) is 2.21. The summed E-state index contributed by atoms with van der Waals surface area (Å²) in [5, 5.41) is 2.71. The third kappa shape index (κ3) is 2.80. The van der Waals surface area contributed by atoms with Gasteiger partial charge in [-0.1, -0.05) is 11.6 Å². The number of imide groups is 1. The topological polar surface area (TPSA) is 71.8 Å². The van der Waals surface area contributed by atoms with Gasteiger partial charge in [-0.2, -0.15) is 0 Å². The molecule has 0 atom stereocenters. The third-order valence-corrected chi connectivity index (χ3v) is 3.73. The smallest absolute Gasteiger partial charge is 0.283 e. The number of furan rings is 1. The highest BCUT2D eigenvalue weighted by Crippen LogP contribution is 2.29. The lowest BCUT2D eigenvalue weighted by Gasteiger charge is -2.15. The second kappa shape index (κ2) is 6.18. The van der Waals surface area contributed by atoms with E-state index in [0.29, 0.717) is 17.2 Å². The summed E-state index contributed by atoms with van der Waals surface area (Å²) in [7, 11) is 1.54. The molecule has 0 aliphatic carbocycles. The minimum absolute atomic E-state index is 0.0592. The molecule has 2 heterocycles. The predicted octanol–water partition coefficient (Wildman–Crippen LogP) is 2.40. The van der Waals surface area contributed by atoms with Gasteiger partial charge in [-0.25, -0.2) is 4.90 Å². The molecule has 1 aromatic carbocycles. The molecular formula is C16H13ClN2O4. The number of carbonyl (C=O) groups excluding carboxylic acids is 2. The number of amides is 2. The lowest BCUT2D eigenvalue weighted by Crippen LogP contribution is -2.33. The summed E-state index contributed by atoms with van der Waals surface area (Å²) in [5.41, 5.74) is 0.484. The van der Waals surface area contributed by atoms with Gasteiger partial charge in [0.25, 0.3) is 11.8 Å². The number of hydrogen-bond acceptors (Lipinski definition) is 5. The number of ether oxygens (including phenoxy) is 1. The Morgan fingerprint density at radius 1 is 1.17 bits per heavy atom. The maximum atomic E-state index is 12.5. The van der Waals surface area contributed by atoms with E-state index >= 15 is 0 Å². The van der Waals surface area contributed by atoms with Crippen LogP contribution in [0.2, 0.25) is 0 Å². The number of nitrogens with zero attached hydrogens (tertiary/aromatic N) is 1. The van der Waals surface area contributed by atoms with Gasteiger partial charge in [-0.15, -0.1) is 0 Å². The van der Waals surface area contributed by atoms with Gasteiger partial charge in [0.2, 0.25) is 0 Å². The zero-order valence-corrected chi connectivity index (χ0v) is 13.0. The molecule has 1 N–H and O–H groups in total. The number of anilines is 1. The zero-order chi connectivity index (χ0) is 16.4. The fraction of sp³-hybridized carbons (Fsp3) is 0.125. The summed E-state index contributed by atoms with van der Waals surface area (Å²) >= 11 is 6.02. The van der Waals surface area contributed by atoms with E-state index in [1.165, 1.54) is 13.4 Å². The Hall–Kier alpha value is -2.73. The van der Waals surface area contributed by atoms with Gasteiger partial charge in [-0.05, 0) is 36.4 Å². The number of benzene rings is 1. The molecule has 0 saturated carbocycles. The van der Waals surface area contributed by atoms with Crippen molar-refractivity contribution >= 4 is 29.1 Å². The quantitative estimate of drug-likeness (QED) is 0.851. The van der Waals surface area contributed by atoms with Gasteiger partial charge in [-0.3, -0.25) is 9.59 Å². The summed E-state index contributed by atoms with van der Waals surface area (Å²) in [6.45, 7) is 0.258. The van der Waals surface area contributed by atoms with Crippen LogP contribution in [0.3, 0.4) is 0 Å². The molecule has 0 radical (unpaired) electrons. The van der Waals surface area contributed by atoms with Gasteiger partial charge in [0.1, 0.15) is 22.2 Å². The molecule has 7 heteroatoms. The Kier molecular flexibility index (Phi) is 4.08. The van der Waals surface area contributed by atoms with E-state index in [9.17, 15) is 9.59 Å². The summed E-state index contributed by atoms with van der Waals surface area (Å²) in [6, 6.07) is 10.1. The van der Waals surface area contributed by atoms with Crippen LogP contribution >= 0.6 is 11.6 Å². The van der Waals surface area contributed by atoms with Crippen molar-refractivity contribution in [2.24, 2.45) is 0 Å². The Balaban J connectivity index is 1.80. The fourth-order valence-corrected chi connectivity index (χ4v) is 2.44. The Morgan fingerprint density at radius 3 is 2.52 bits per heavy atom. The molecule has 23 heavy (non-hydrogen) atoms. The van der Waals surface area contributed by atoms with Crippen molar-refractivity contribution in [3.63, 3.8) is 0 Å². The summed E-state index contributed by atoms with van der Waals surface area (Å²) < 4.78 is 10.2. The summed E-state index contributed by atoms with van der Waals surface area (Å²) in [5.74, 6) is 0.189. The number of rotatable bonds is 5. The average Bonchev–Trinajstić information content (AvgIpc) is 3.15. The maximum absolute atomic E-state index is 12.5. The van der Waals surface area contributed by atoms with Crippen molar-refractivity contribution in [3.8, 4) is 5.75 Å². The van der Waals surface area contributed by atoms with Gasteiger partial charge in [0.05, 0.1) is 25.6 Å². The molecule has 6 nitrogen and oxygen atoms in total. The number of carbonyl (C=O) groups is 2. The maximum Gasteiger partial charge on any atom is 0.283 e. The molecule has 0 spiro atoms. The molecule has 0 fully saturated rings. The molecule has 1 aliphatic rings. The minimum atomic E-state index is -0.566. The SMILES string of the molecule is COc1ccc(N2C(=O)C(Cl)=C(NCc3ccco3)C2=O)cc1. The van der Waals surface area contributed by atoms with Crippen LogP contribution in [0.5, 0.6) is 5.75 Å². The van der Waals surface area contributed by atoms with Crippen molar-refractivity contribution in [1.29, 1.82) is 0 Å². The number of halogens is 1. The molecule has 0 unspecified atom stereocenters. The third-order valence-electron chi connectivity index (χ3n) is 3.38. The van der Waals surface area contributed by atoms with E-state index in [1.807, 2.05) is 0 Å². The first-order chi connectivity index (χ1) is 11.1. The molecule has 2 amide bonds. The van der Waals surface area contributed by atoms with Crippen LogP contribution in [0.25, 0.3) is 0 Å². The van der Waals surface area contributed by atoms with Crippen LogP contribution in [0.4, 0.5) is 5.69 Å². The highest BCUT2D eigenvalue weighted by molar-refractivity contribution is 6.52. The van der Waals surface area contributed by atoms with E-state index in [-0.39, 0.29) is 17.3 Å². The summed E-state index contributed by atoms with van der Waals surface area (Å²) in [6.07, 6.45) is 1.53. The number of methoxy groups -OCH3 is 1. The van der Waals surface area contributed by atoms with Gasteiger partial charge in [0, 0.05) is 0 Å². The van der Waals surface area contributed by atoms with E-state index < -0.39 is 11.8 Å². The highest BCUT2D eigenvalue weighted by atomic mass is 35.5. The summed E-state index contributed by atoms with van der Waals surface area (Å²) in [4.78, 5) is 25.8. The van der Waals surface area contributed by atoms with Gasteiger partial charge < -0.3 is 14.5 Å². The van der Waals surface area contributed by atoms with E-state index in [1.54, 1.807) is 36.4 Å². The van der Waals surface area contributed by atoms with Crippen LogP contribution in [0.1, 0.15) is 5.76 Å². The largest absolute Gasteiger partial charge is 0.497 e. The zero-order valence-electron chi connectivity index (χ0n) is 12.2. The molecule has 2 aromatic rings. The van der Waals surface area contributed by atoms with Crippen molar-refractivity contribution in [1.82, 2.24) is 5.32 Å². The number of hydrogen-bond donors (Lipinski definition) is 1. The van der Waals surface area contributed by atoms with Crippen molar-refractivity contribution in [2.75, 3.05) is 12.0 Å². The molecule has 0 bridgehead atoms. The first-order valence-electron chi connectivity index (χ1n) is 6.80. The van der Waals surface area contributed by atoms with Gasteiger partial charge in [0.15, 0.2) is 0 Å². The first-order valence-corrected chi connectivity index (χ1v) is 7.18. The Labute approximate surface area is 137 Å². The normalized spacial score (nSPS) is 14.6. The Bertz CT molecular complexity index is 766. The molecule has 3 rings (SSSR count). The van der Waals surface area contributed by atoms with Crippen molar-refractivity contribution < 1.29 is 18.7 Å². The minimum Gasteiger partial charge on any atom is -0.497 e. The first kappa shape index (κ1) is 15.2. The van der Waals surface area contributed by atoms with E-state index in [0.717, 1.165) is 4.90 Å². The van der Waals surface area contributed by atoms with Crippen LogP contribution in [-0.2, 0) is 16.1 Å².